The molecule has 1 atom stereocenters. The van der Waals surface area contributed by atoms with E-state index < -0.39 is 0 Å². The summed E-state index contributed by atoms with van der Waals surface area (Å²) in [5, 5.41) is 9.34. The lowest BCUT2D eigenvalue weighted by Crippen LogP contribution is -1.97. The number of hydrogen-bond acceptors (Lipinski definition) is 1. The van der Waals surface area contributed by atoms with Crippen LogP contribution < -0.4 is 0 Å². The molecule has 0 amide bonds. The van der Waals surface area contributed by atoms with Crippen LogP contribution in [0.3, 0.4) is 0 Å². The van der Waals surface area contributed by atoms with E-state index >= 15 is 0 Å². The van der Waals surface area contributed by atoms with E-state index in [2.05, 4.69) is 26.0 Å². The standard InChI is InChI=1S/C21H34O/c1-3-5-7-8-10-12-19(11-9-6-4-2)13-14-20-15-17-21(22)18-16-20/h13-19,22H,3-12H2,1-2H3. The van der Waals surface area contributed by atoms with Crippen molar-refractivity contribution >= 4 is 6.08 Å². The highest BCUT2D eigenvalue weighted by Gasteiger charge is 2.04. The first-order chi connectivity index (χ1) is 10.8. The topological polar surface area (TPSA) is 20.2 Å². The average molecular weight is 303 g/mol. The van der Waals surface area contributed by atoms with Crippen molar-refractivity contribution in [3.8, 4) is 5.75 Å². The normalized spacial score (nSPS) is 12.8. The molecular weight excluding hydrogens is 268 g/mol. The summed E-state index contributed by atoms with van der Waals surface area (Å²) in [6.45, 7) is 4.54. The van der Waals surface area contributed by atoms with Gasteiger partial charge in [0.15, 0.2) is 0 Å². The molecule has 22 heavy (non-hydrogen) atoms. The summed E-state index contributed by atoms with van der Waals surface area (Å²) in [5.74, 6) is 1.05. The Hall–Kier alpha value is -1.24. The number of phenolic OH excluding ortho intramolecular Hbond substituents is 1. The van der Waals surface area contributed by atoms with Crippen LogP contribution in [0.5, 0.6) is 5.75 Å². The summed E-state index contributed by atoms with van der Waals surface area (Å²) in [7, 11) is 0. The van der Waals surface area contributed by atoms with Crippen molar-refractivity contribution in [2.45, 2.75) is 78.1 Å². The molecule has 0 aromatic heterocycles. The van der Waals surface area contributed by atoms with Gasteiger partial charge in [0.05, 0.1) is 0 Å². The highest BCUT2D eigenvalue weighted by atomic mass is 16.3. The Kier molecular flexibility index (Phi) is 10.5. The fraction of sp³-hybridized carbons (Fsp3) is 0.619. The van der Waals surface area contributed by atoms with Gasteiger partial charge < -0.3 is 5.11 Å². The SMILES string of the molecule is CCCCCCCC(C=Cc1ccc(O)cc1)CCCCC. The largest absolute Gasteiger partial charge is 0.508 e. The van der Waals surface area contributed by atoms with Crippen molar-refractivity contribution in [1.29, 1.82) is 0 Å². The molecule has 0 saturated heterocycles. The number of hydrogen-bond donors (Lipinski definition) is 1. The van der Waals surface area contributed by atoms with Crippen LogP contribution >= 0.6 is 0 Å². The Labute approximate surface area is 137 Å². The summed E-state index contributed by atoms with van der Waals surface area (Å²) < 4.78 is 0. The maximum atomic E-state index is 9.34. The molecule has 0 radical (unpaired) electrons. The molecule has 0 bridgehead atoms. The molecule has 1 rings (SSSR count). The lowest BCUT2D eigenvalue weighted by Gasteiger charge is -2.12. The van der Waals surface area contributed by atoms with Crippen molar-refractivity contribution < 1.29 is 5.11 Å². The molecule has 1 heteroatoms. The minimum Gasteiger partial charge on any atom is -0.508 e. The first-order valence-corrected chi connectivity index (χ1v) is 9.23. The second-order valence-corrected chi connectivity index (χ2v) is 6.41. The van der Waals surface area contributed by atoms with Gasteiger partial charge in [-0.15, -0.1) is 0 Å². The predicted molar refractivity (Wildman–Crippen MR) is 98.1 cm³/mol. The summed E-state index contributed by atoms with van der Waals surface area (Å²) >= 11 is 0. The van der Waals surface area contributed by atoms with Crippen LogP contribution in [0.2, 0.25) is 0 Å². The number of allylic oxidation sites excluding steroid dienone is 1. The second-order valence-electron chi connectivity index (χ2n) is 6.41. The zero-order valence-corrected chi connectivity index (χ0v) is 14.6. The quantitative estimate of drug-likeness (QED) is 0.414. The molecule has 1 aromatic rings. The van der Waals surface area contributed by atoms with Crippen LogP contribution in [0.15, 0.2) is 30.3 Å². The third-order valence-corrected chi connectivity index (χ3v) is 4.31. The monoisotopic (exact) mass is 302 g/mol. The number of benzene rings is 1. The molecule has 124 valence electrons. The number of aromatic hydroxyl groups is 1. The van der Waals surface area contributed by atoms with Crippen LogP contribution in [0.25, 0.3) is 6.08 Å². The second kappa shape index (κ2) is 12.3. The molecule has 1 nitrogen and oxygen atoms in total. The van der Waals surface area contributed by atoms with Crippen molar-refractivity contribution in [2.75, 3.05) is 0 Å². The van der Waals surface area contributed by atoms with Crippen molar-refractivity contribution in [3.63, 3.8) is 0 Å². The highest BCUT2D eigenvalue weighted by molar-refractivity contribution is 5.50. The van der Waals surface area contributed by atoms with Crippen LogP contribution in [0.1, 0.15) is 83.6 Å². The summed E-state index contributed by atoms with van der Waals surface area (Å²) in [6.07, 6.45) is 18.1. The molecule has 1 aromatic carbocycles. The Bertz CT molecular complexity index is 391. The summed E-state index contributed by atoms with van der Waals surface area (Å²) in [4.78, 5) is 0. The molecule has 0 aliphatic rings. The van der Waals surface area contributed by atoms with Gasteiger partial charge in [-0.1, -0.05) is 89.5 Å². The number of phenols is 1. The summed E-state index contributed by atoms with van der Waals surface area (Å²) in [6, 6.07) is 7.49. The number of rotatable bonds is 12. The van der Waals surface area contributed by atoms with Crippen LogP contribution in [-0.4, -0.2) is 5.11 Å². The van der Waals surface area contributed by atoms with E-state index in [1.807, 2.05) is 12.1 Å². The van der Waals surface area contributed by atoms with Crippen molar-refractivity contribution in [3.05, 3.63) is 35.9 Å². The van der Waals surface area contributed by atoms with Gasteiger partial charge in [-0.2, -0.15) is 0 Å². The van der Waals surface area contributed by atoms with Crippen molar-refractivity contribution in [2.24, 2.45) is 5.92 Å². The molecule has 0 aliphatic heterocycles. The zero-order valence-electron chi connectivity index (χ0n) is 14.6. The third kappa shape index (κ3) is 8.92. The predicted octanol–water partition coefficient (Wildman–Crippen LogP) is 6.96. The van der Waals surface area contributed by atoms with E-state index in [1.165, 1.54) is 69.8 Å². The van der Waals surface area contributed by atoms with E-state index in [9.17, 15) is 5.11 Å². The maximum absolute atomic E-state index is 9.34. The van der Waals surface area contributed by atoms with Gasteiger partial charge in [-0.25, -0.2) is 0 Å². The Balaban J connectivity index is 2.43. The van der Waals surface area contributed by atoms with Crippen LogP contribution in [0.4, 0.5) is 0 Å². The molecule has 0 aliphatic carbocycles. The molecular formula is C21H34O. The van der Waals surface area contributed by atoms with E-state index in [1.54, 1.807) is 12.1 Å². The van der Waals surface area contributed by atoms with Gasteiger partial charge in [0.1, 0.15) is 5.75 Å². The molecule has 0 fully saturated rings. The van der Waals surface area contributed by atoms with Gasteiger partial charge in [0.2, 0.25) is 0 Å². The Morgan fingerprint density at radius 2 is 1.36 bits per heavy atom. The van der Waals surface area contributed by atoms with Gasteiger partial charge in [0, 0.05) is 0 Å². The fourth-order valence-corrected chi connectivity index (χ4v) is 2.84. The number of unbranched alkanes of at least 4 members (excludes halogenated alkanes) is 6. The Morgan fingerprint density at radius 1 is 0.818 bits per heavy atom. The first kappa shape index (κ1) is 18.8. The average Bonchev–Trinajstić information content (AvgIpc) is 2.53. The van der Waals surface area contributed by atoms with E-state index in [0.29, 0.717) is 11.7 Å². The maximum Gasteiger partial charge on any atom is 0.115 e. The summed E-state index contributed by atoms with van der Waals surface area (Å²) in [5.41, 5.74) is 1.18. The van der Waals surface area contributed by atoms with Gasteiger partial charge in [-0.05, 0) is 36.5 Å². The zero-order chi connectivity index (χ0) is 16.0. The highest BCUT2D eigenvalue weighted by Crippen LogP contribution is 2.21. The van der Waals surface area contributed by atoms with Crippen molar-refractivity contribution in [1.82, 2.24) is 0 Å². The third-order valence-electron chi connectivity index (χ3n) is 4.31. The van der Waals surface area contributed by atoms with E-state index in [0.717, 1.165) is 0 Å². The van der Waals surface area contributed by atoms with Crippen LogP contribution in [0, 0.1) is 5.92 Å². The molecule has 0 heterocycles. The lowest BCUT2D eigenvalue weighted by atomic mass is 9.93. The van der Waals surface area contributed by atoms with Gasteiger partial charge in [-0.3, -0.25) is 0 Å². The molecule has 0 spiro atoms. The molecule has 1 N–H and O–H groups in total. The van der Waals surface area contributed by atoms with Gasteiger partial charge >= 0.3 is 0 Å². The van der Waals surface area contributed by atoms with Crippen LogP contribution in [-0.2, 0) is 0 Å². The van der Waals surface area contributed by atoms with Gasteiger partial charge in [0.25, 0.3) is 0 Å². The fourth-order valence-electron chi connectivity index (χ4n) is 2.84. The van der Waals surface area contributed by atoms with E-state index in [4.69, 9.17) is 0 Å². The molecule has 0 saturated carbocycles. The lowest BCUT2D eigenvalue weighted by molar-refractivity contribution is 0.475. The first-order valence-electron chi connectivity index (χ1n) is 9.23. The smallest absolute Gasteiger partial charge is 0.115 e. The Morgan fingerprint density at radius 3 is 2.00 bits per heavy atom. The minimum absolute atomic E-state index is 0.340. The minimum atomic E-state index is 0.340. The van der Waals surface area contributed by atoms with E-state index in [-0.39, 0.29) is 0 Å². The molecule has 1 unspecified atom stereocenters.